The number of benzene rings is 1. The Balaban J connectivity index is 1.50. The van der Waals surface area contributed by atoms with Crippen molar-refractivity contribution in [1.29, 1.82) is 0 Å². The number of rotatable bonds is 5. The highest BCUT2D eigenvalue weighted by molar-refractivity contribution is 7.87. The molecule has 2 saturated heterocycles. The summed E-state index contributed by atoms with van der Waals surface area (Å²) in [6.07, 6.45) is 5.58. The number of hydrogen-bond acceptors (Lipinski definition) is 4. The second-order valence-electron chi connectivity index (χ2n) is 7.18. The predicted molar refractivity (Wildman–Crippen MR) is 101 cm³/mol. The van der Waals surface area contributed by atoms with Gasteiger partial charge in [0.15, 0.2) is 0 Å². The molecule has 0 radical (unpaired) electrons. The molecule has 3 heterocycles. The molecule has 2 fully saturated rings. The molecule has 2 aliphatic heterocycles. The normalized spacial score (nSPS) is 24.9. The molecule has 140 valence electrons. The summed E-state index contributed by atoms with van der Waals surface area (Å²) in [6.45, 7) is 2.23. The van der Waals surface area contributed by atoms with E-state index in [1.165, 1.54) is 5.56 Å². The zero-order valence-corrected chi connectivity index (χ0v) is 15.6. The first kappa shape index (κ1) is 17.9. The van der Waals surface area contributed by atoms with Gasteiger partial charge in [-0.15, -0.1) is 0 Å². The third-order valence-electron chi connectivity index (χ3n) is 5.38. The van der Waals surface area contributed by atoms with Gasteiger partial charge in [0.05, 0.1) is 24.8 Å². The quantitative estimate of drug-likeness (QED) is 0.869. The minimum Gasteiger partial charge on any atom is -0.379 e. The van der Waals surface area contributed by atoms with E-state index >= 15 is 0 Å². The van der Waals surface area contributed by atoms with E-state index in [9.17, 15) is 8.42 Å². The Morgan fingerprint density at radius 1 is 1.12 bits per heavy atom. The van der Waals surface area contributed by atoms with E-state index in [0.717, 1.165) is 36.6 Å². The standard InChI is InChI=1S/C19H25N3O3S/c23-26(24,22-10-4-1-5-11-22)21-19-14-25-13-16(19)12-15-8-9-20-18-7-3-2-6-17(15)18/h2-3,6-9,16,19,21H,1,4-5,10-14H2/t16-,19-/m1/s1. The van der Waals surface area contributed by atoms with Crippen LogP contribution in [0, 0.1) is 5.92 Å². The van der Waals surface area contributed by atoms with Crippen LogP contribution in [0.4, 0.5) is 0 Å². The summed E-state index contributed by atoms with van der Waals surface area (Å²) in [5, 5.41) is 1.12. The topological polar surface area (TPSA) is 71.5 Å². The molecule has 1 N–H and O–H groups in total. The Bertz CT molecular complexity index is 860. The third kappa shape index (κ3) is 3.76. The van der Waals surface area contributed by atoms with Crippen molar-refractivity contribution in [2.75, 3.05) is 26.3 Å². The van der Waals surface area contributed by atoms with Gasteiger partial charge in [-0.05, 0) is 37.0 Å². The monoisotopic (exact) mass is 375 g/mol. The molecule has 0 spiro atoms. The predicted octanol–water partition coefficient (Wildman–Crippen LogP) is 2.11. The van der Waals surface area contributed by atoms with Crippen molar-refractivity contribution in [1.82, 2.24) is 14.0 Å². The minimum atomic E-state index is -3.44. The molecule has 2 atom stereocenters. The maximum absolute atomic E-state index is 12.7. The lowest BCUT2D eigenvalue weighted by Crippen LogP contribution is -2.49. The lowest BCUT2D eigenvalue weighted by Gasteiger charge is -2.28. The van der Waals surface area contributed by atoms with Crippen LogP contribution in [0.5, 0.6) is 0 Å². The molecule has 0 bridgehead atoms. The summed E-state index contributed by atoms with van der Waals surface area (Å²) >= 11 is 0. The molecule has 1 aromatic heterocycles. The van der Waals surface area contributed by atoms with Crippen LogP contribution in [-0.4, -0.2) is 50.1 Å². The Morgan fingerprint density at radius 3 is 2.77 bits per heavy atom. The van der Waals surface area contributed by atoms with Crippen LogP contribution in [0.1, 0.15) is 24.8 Å². The van der Waals surface area contributed by atoms with Gasteiger partial charge in [-0.2, -0.15) is 17.4 Å². The first-order valence-corrected chi connectivity index (χ1v) is 10.8. The Hall–Kier alpha value is -1.54. The summed E-state index contributed by atoms with van der Waals surface area (Å²) in [4.78, 5) is 4.41. The molecule has 2 aromatic rings. The highest BCUT2D eigenvalue weighted by Crippen LogP contribution is 2.25. The highest BCUT2D eigenvalue weighted by Gasteiger charge is 2.34. The average molecular weight is 375 g/mol. The molecule has 1 aromatic carbocycles. The van der Waals surface area contributed by atoms with Gasteiger partial charge in [0.2, 0.25) is 0 Å². The first-order chi connectivity index (χ1) is 12.6. The van der Waals surface area contributed by atoms with Crippen LogP contribution >= 0.6 is 0 Å². The molecular formula is C19H25N3O3S. The Labute approximate surface area is 154 Å². The summed E-state index contributed by atoms with van der Waals surface area (Å²) < 4.78 is 35.5. The smallest absolute Gasteiger partial charge is 0.279 e. The van der Waals surface area contributed by atoms with Gasteiger partial charge in [-0.3, -0.25) is 4.98 Å². The van der Waals surface area contributed by atoms with Crippen LogP contribution in [0.2, 0.25) is 0 Å². The van der Waals surface area contributed by atoms with E-state index in [1.54, 1.807) is 4.31 Å². The summed E-state index contributed by atoms with van der Waals surface area (Å²) in [5.41, 5.74) is 2.16. The molecule has 7 heteroatoms. The van der Waals surface area contributed by atoms with E-state index < -0.39 is 10.2 Å². The van der Waals surface area contributed by atoms with Gasteiger partial charge in [0.1, 0.15) is 0 Å². The van der Waals surface area contributed by atoms with Crippen LogP contribution in [0.3, 0.4) is 0 Å². The zero-order chi connectivity index (χ0) is 18.0. The van der Waals surface area contributed by atoms with Crippen molar-refractivity contribution in [2.45, 2.75) is 31.7 Å². The molecular weight excluding hydrogens is 350 g/mol. The van der Waals surface area contributed by atoms with E-state index in [1.807, 2.05) is 30.5 Å². The summed E-state index contributed by atoms with van der Waals surface area (Å²) in [6, 6.07) is 9.90. The lowest BCUT2D eigenvalue weighted by molar-refractivity contribution is 0.183. The average Bonchev–Trinajstić information content (AvgIpc) is 3.09. The van der Waals surface area contributed by atoms with Crippen LogP contribution in [0.25, 0.3) is 10.9 Å². The van der Waals surface area contributed by atoms with E-state index in [0.29, 0.717) is 26.3 Å². The number of ether oxygens (including phenoxy) is 1. The second-order valence-corrected chi connectivity index (χ2v) is 8.88. The maximum atomic E-state index is 12.7. The third-order valence-corrected chi connectivity index (χ3v) is 7.02. The first-order valence-electron chi connectivity index (χ1n) is 9.31. The van der Waals surface area contributed by atoms with E-state index in [4.69, 9.17) is 4.74 Å². The number of nitrogens with one attached hydrogen (secondary N) is 1. The van der Waals surface area contributed by atoms with Gasteiger partial charge in [-0.1, -0.05) is 24.6 Å². The fraction of sp³-hybridized carbons (Fsp3) is 0.526. The van der Waals surface area contributed by atoms with Crippen molar-refractivity contribution in [3.05, 3.63) is 42.1 Å². The number of pyridine rings is 1. The second kappa shape index (κ2) is 7.60. The molecule has 26 heavy (non-hydrogen) atoms. The molecule has 6 nitrogen and oxygen atoms in total. The maximum Gasteiger partial charge on any atom is 0.279 e. The van der Waals surface area contributed by atoms with Crippen molar-refractivity contribution in [3.8, 4) is 0 Å². The van der Waals surface area contributed by atoms with Crippen LogP contribution < -0.4 is 4.72 Å². The van der Waals surface area contributed by atoms with E-state index in [-0.39, 0.29) is 12.0 Å². The Morgan fingerprint density at radius 2 is 1.92 bits per heavy atom. The number of fused-ring (bicyclic) bond motifs is 1. The number of para-hydroxylation sites is 1. The van der Waals surface area contributed by atoms with Crippen molar-refractivity contribution >= 4 is 21.1 Å². The van der Waals surface area contributed by atoms with Crippen molar-refractivity contribution in [3.63, 3.8) is 0 Å². The van der Waals surface area contributed by atoms with Crippen LogP contribution in [-0.2, 0) is 21.4 Å². The number of aromatic nitrogens is 1. The van der Waals surface area contributed by atoms with Gasteiger partial charge in [-0.25, -0.2) is 0 Å². The zero-order valence-electron chi connectivity index (χ0n) is 14.8. The number of piperidine rings is 1. The Kier molecular flexibility index (Phi) is 5.22. The SMILES string of the molecule is O=S(=O)(N[C@@H]1COC[C@H]1Cc1ccnc2ccccc12)N1CCCCC1. The van der Waals surface area contributed by atoms with Gasteiger partial charge in [0, 0.05) is 30.6 Å². The molecule has 4 rings (SSSR count). The molecule has 0 saturated carbocycles. The molecule has 0 amide bonds. The van der Waals surface area contributed by atoms with Crippen molar-refractivity contribution < 1.29 is 13.2 Å². The lowest BCUT2D eigenvalue weighted by atomic mass is 9.93. The van der Waals surface area contributed by atoms with Gasteiger partial charge < -0.3 is 4.74 Å². The van der Waals surface area contributed by atoms with Gasteiger partial charge >= 0.3 is 0 Å². The number of hydrogen-bond donors (Lipinski definition) is 1. The van der Waals surface area contributed by atoms with Crippen molar-refractivity contribution in [2.24, 2.45) is 5.92 Å². The molecule has 0 unspecified atom stereocenters. The van der Waals surface area contributed by atoms with Crippen LogP contribution in [0.15, 0.2) is 36.5 Å². The fourth-order valence-corrected chi connectivity index (χ4v) is 5.45. The number of nitrogens with zero attached hydrogens (tertiary/aromatic N) is 2. The fourth-order valence-electron chi connectivity index (χ4n) is 3.92. The van der Waals surface area contributed by atoms with Gasteiger partial charge in [0.25, 0.3) is 10.2 Å². The minimum absolute atomic E-state index is 0.125. The molecule has 0 aliphatic carbocycles. The summed E-state index contributed by atoms with van der Waals surface area (Å²) in [5.74, 6) is 0.125. The van der Waals surface area contributed by atoms with E-state index in [2.05, 4.69) is 15.8 Å². The highest BCUT2D eigenvalue weighted by atomic mass is 32.2. The molecule has 2 aliphatic rings. The largest absolute Gasteiger partial charge is 0.379 e. The summed E-state index contributed by atoms with van der Waals surface area (Å²) in [7, 11) is -3.44.